The Morgan fingerprint density at radius 3 is 1.83 bits per heavy atom. The van der Waals surface area contributed by atoms with Gasteiger partial charge in [0.15, 0.2) is 28.4 Å². The first kappa shape index (κ1) is 42.4. The van der Waals surface area contributed by atoms with Gasteiger partial charge in [0.1, 0.15) is 36.0 Å². The van der Waals surface area contributed by atoms with E-state index in [4.69, 9.17) is 37.9 Å². The molecule has 66 heavy (non-hydrogen) atoms. The third-order valence-corrected chi connectivity index (χ3v) is 11.9. The Balaban J connectivity index is 0.000000158. The number of benzene rings is 4. The number of imidazole rings is 2. The summed E-state index contributed by atoms with van der Waals surface area (Å²) in [6.45, 7) is 4.58. The summed E-state index contributed by atoms with van der Waals surface area (Å²) in [6, 6.07) is 28.6. The summed E-state index contributed by atoms with van der Waals surface area (Å²) in [5.74, 6) is 2.20. The number of hydrogen-bond acceptors (Lipinski definition) is 13. The molecule has 10 aromatic rings. The summed E-state index contributed by atoms with van der Waals surface area (Å²) in [7, 11) is 0. The maximum Gasteiger partial charge on any atom is 0.267 e. The second-order valence-electron chi connectivity index (χ2n) is 15.6. The number of aromatic nitrogens is 12. The largest absolute Gasteiger partial charge is 0.358 e. The molecule has 0 amide bonds. The van der Waals surface area contributed by atoms with E-state index >= 15 is 0 Å². The molecule has 11 rings (SSSR count). The van der Waals surface area contributed by atoms with E-state index in [9.17, 15) is 9.59 Å². The van der Waals surface area contributed by atoms with Crippen LogP contribution in [0.1, 0.15) is 63.1 Å². The zero-order chi connectivity index (χ0) is 45.3. The van der Waals surface area contributed by atoms with Crippen molar-refractivity contribution in [2.75, 3.05) is 17.2 Å². The van der Waals surface area contributed by atoms with E-state index in [0.717, 1.165) is 25.9 Å². The summed E-state index contributed by atoms with van der Waals surface area (Å²) in [5, 5.41) is 8.25. The van der Waals surface area contributed by atoms with Crippen LogP contribution in [0.25, 0.3) is 55.5 Å². The topological polar surface area (TPSA) is 201 Å². The normalized spacial score (nSPS) is 14.8. The highest BCUT2D eigenvalue weighted by molar-refractivity contribution is 6.35. The number of para-hydroxylation sites is 2. The lowest BCUT2D eigenvalue weighted by Gasteiger charge is -2.23. The molecule has 17 nitrogen and oxygen atoms in total. The Hall–Kier alpha value is -7.60. The van der Waals surface area contributed by atoms with Crippen LogP contribution in [0.3, 0.4) is 0 Å². The van der Waals surface area contributed by atoms with Crippen molar-refractivity contribution in [3.05, 3.63) is 165 Å². The van der Waals surface area contributed by atoms with Crippen LogP contribution in [0.15, 0.2) is 132 Å². The van der Waals surface area contributed by atoms with Crippen LogP contribution >= 0.6 is 23.2 Å². The molecule has 1 aliphatic heterocycles. The minimum atomic E-state index is -0.393. The number of hydrogen-bond donors (Lipinski definition) is 3. The highest BCUT2D eigenvalue weighted by Gasteiger charge is 2.24. The van der Waals surface area contributed by atoms with Crippen molar-refractivity contribution in [1.82, 2.24) is 58.6 Å². The van der Waals surface area contributed by atoms with Gasteiger partial charge in [0.05, 0.1) is 68.0 Å². The van der Waals surface area contributed by atoms with Gasteiger partial charge in [-0.15, -0.1) is 0 Å². The quantitative estimate of drug-likeness (QED) is 0.124. The molecule has 330 valence electrons. The summed E-state index contributed by atoms with van der Waals surface area (Å²) in [5.41, 5.74) is 4.60. The van der Waals surface area contributed by atoms with E-state index in [1.807, 2.05) is 79.1 Å². The maximum absolute atomic E-state index is 13.7. The molecule has 0 aliphatic carbocycles. The zero-order valence-electron chi connectivity index (χ0n) is 35.5. The standard InChI is InChI=1S/C26H24ClN7O2.C21H16ClN7O/c1-16(31-23-22-25(29-14-28-23)33(15-30-22)20-12-5-6-13-36-20)24-32-19-11-7-10-18(27)21(19)26(35)34(24)17-8-3-2-4-9-17;1-12(27-19-17-18(24-10-23-17)25-11-26-19)20-28-15-9-5-8-14(22)16(15)21(30)29(20)13-6-3-2-4-7-13/h2-4,7-11,14-16,20H,5-6,12-13H2,1H3,(H,28,29,31);2-12H,1H3,(H2,23,24,25,26,27)/t16-,20?;12-/m00/s1. The molecule has 1 fully saturated rings. The lowest BCUT2D eigenvalue weighted by molar-refractivity contribution is -0.0298. The van der Waals surface area contributed by atoms with Crippen molar-refractivity contribution in [2.24, 2.45) is 0 Å². The summed E-state index contributed by atoms with van der Waals surface area (Å²) in [4.78, 5) is 65.9. The maximum atomic E-state index is 13.7. The number of rotatable bonds is 9. The number of fused-ring (bicyclic) bond motifs is 4. The zero-order valence-corrected chi connectivity index (χ0v) is 37.0. The smallest absolute Gasteiger partial charge is 0.267 e. The number of nitrogens with zero attached hydrogens (tertiary/aromatic N) is 11. The van der Waals surface area contributed by atoms with Crippen molar-refractivity contribution in [3.63, 3.8) is 0 Å². The molecule has 19 heteroatoms. The number of H-pyrrole nitrogens is 1. The third kappa shape index (κ3) is 7.97. The Labute approximate surface area is 385 Å². The van der Waals surface area contributed by atoms with E-state index < -0.39 is 6.04 Å². The second kappa shape index (κ2) is 18.1. The molecule has 0 bridgehead atoms. The molecule has 3 N–H and O–H groups in total. The van der Waals surface area contributed by atoms with Gasteiger partial charge in [0.2, 0.25) is 0 Å². The molecule has 0 saturated carbocycles. The SMILES string of the molecule is C[C@H](Nc1ncnc2c1ncn2C1CCCCO1)c1nc2cccc(Cl)c2c(=O)n1-c1ccccc1.C[C@H](Nc1ncnc2nc[nH]c12)c1nc2cccc(Cl)c2c(=O)n1-c1ccccc1. The highest BCUT2D eigenvalue weighted by Crippen LogP contribution is 2.31. The summed E-state index contributed by atoms with van der Waals surface area (Å²) >= 11 is 12.7. The van der Waals surface area contributed by atoms with Crippen LogP contribution in [0.5, 0.6) is 0 Å². The highest BCUT2D eigenvalue weighted by atomic mass is 35.5. The molecular formula is C47H40Cl2N14O3. The van der Waals surface area contributed by atoms with Gasteiger partial charge in [0.25, 0.3) is 11.1 Å². The van der Waals surface area contributed by atoms with Crippen LogP contribution < -0.4 is 21.8 Å². The van der Waals surface area contributed by atoms with E-state index in [0.29, 0.717) is 88.8 Å². The number of anilines is 2. The molecule has 6 aromatic heterocycles. The van der Waals surface area contributed by atoms with Crippen molar-refractivity contribution in [2.45, 2.75) is 51.4 Å². The van der Waals surface area contributed by atoms with E-state index in [1.165, 1.54) is 12.7 Å². The van der Waals surface area contributed by atoms with Crippen LogP contribution in [-0.2, 0) is 4.74 Å². The van der Waals surface area contributed by atoms with Gasteiger partial charge in [0, 0.05) is 6.61 Å². The first-order valence-electron chi connectivity index (χ1n) is 21.2. The lowest BCUT2D eigenvalue weighted by Crippen LogP contribution is -2.27. The molecule has 7 heterocycles. The average molecular weight is 920 g/mol. The molecule has 0 spiro atoms. The van der Waals surface area contributed by atoms with Crippen molar-refractivity contribution >= 4 is 79.0 Å². The lowest BCUT2D eigenvalue weighted by atomic mass is 10.2. The Kier molecular flexibility index (Phi) is 11.6. The fourth-order valence-electron chi connectivity index (χ4n) is 8.17. The van der Waals surface area contributed by atoms with Gasteiger partial charge >= 0.3 is 0 Å². The fourth-order valence-corrected chi connectivity index (χ4v) is 8.67. The molecule has 4 aromatic carbocycles. The van der Waals surface area contributed by atoms with E-state index in [-0.39, 0.29) is 23.4 Å². The van der Waals surface area contributed by atoms with Crippen LogP contribution in [0, 0.1) is 0 Å². The predicted molar refractivity (Wildman–Crippen MR) is 255 cm³/mol. The van der Waals surface area contributed by atoms with Crippen molar-refractivity contribution < 1.29 is 4.74 Å². The Morgan fingerprint density at radius 2 is 1.24 bits per heavy atom. The first-order chi connectivity index (χ1) is 32.2. The minimum Gasteiger partial charge on any atom is -0.358 e. The summed E-state index contributed by atoms with van der Waals surface area (Å²) in [6.07, 6.45) is 9.27. The number of ether oxygens (including phenoxy) is 1. The minimum absolute atomic E-state index is 0.0842. The number of nitrogens with one attached hydrogen (secondary N) is 3. The Morgan fingerprint density at radius 1 is 0.667 bits per heavy atom. The monoisotopic (exact) mass is 918 g/mol. The van der Waals surface area contributed by atoms with E-state index in [1.54, 1.807) is 58.2 Å². The van der Waals surface area contributed by atoms with Crippen LogP contribution in [0.2, 0.25) is 10.0 Å². The molecule has 1 saturated heterocycles. The van der Waals surface area contributed by atoms with Gasteiger partial charge in [-0.3, -0.25) is 23.3 Å². The molecule has 1 unspecified atom stereocenters. The number of aromatic amines is 1. The molecule has 0 radical (unpaired) electrons. The average Bonchev–Trinajstić information content (AvgIpc) is 4.02. The number of halogens is 2. The fraction of sp³-hybridized carbons (Fsp3) is 0.191. The van der Waals surface area contributed by atoms with Crippen molar-refractivity contribution in [1.29, 1.82) is 0 Å². The third-order valence-electron chi connectivity index (χ3n) is 11.3. The Bertz CT molecular complexity index is 3500. The van der Waals surface area contributed by atoms with Gasteiger partial charge < -0.3 is 20.4 Å². The van der Waals surface area contributed by atoms with Gasteiger partial charge in [-0.2, -0.15) is 0 Å². The second-order valence-corrected chi connectivity index (χ2v) is 16.4. The summed E-state index contributed by atoms with van der Waals surface area (Å²) < 4.78 is 11.1. The van der Waals surface area contributed by atoms with Crippen molar-refractivity contribution in [3.8, 4) is 11.4 Å². The van der Waals surface area contributed by atoms with Crippen LogP contribution in [0.4, 0.5) is 11.6 Å². The molecular weight excluding hydrogens is 880 g/mol. The van der Waals surface area contributed by atoms with Gasteiger partial charge in [-0.05, 0) is 81.6 Å². The van der Waals surface area contributed by atoms with Gasteiger partial charge in [-0.1, -0.05) is 71.7 Å². The van der Waals surface area contributed by atoms with Crippen LogP contribution in [-0.4, -0.2) is 65.2 Å². The first-order valence-corrected chi connectivity index (χ1v) is 22.0. The van der Waals surface area contributed by atoms with E-state index in [2.05, 4.69) is 45.5 Å². The van der Waals surface area contributed by atoms with Gasteiger partial charge in [-0.25, -0.2) is 39.9 Å². The molecule has 1 aliphatic rings. The predicted octanol–water partition coefficient (Wildman–Crippen LogP) is 8.93. The molecule has 3 atom stereocenters.